The Hall–Kier alpha value is -5.90. The summed E-state index contributed by atoms with van der Waals surface area (Å²) in [6, 6.07) is 70.4. The molecule has 0 aromatic heterocycles. The molecule has 0 bridgehead atoms. The molecule has 2 fully saturated rings. The molecule has 9 rings (SSSR count). The fourth-order valence-corrected chi connectivity index (χ4v) is 9.14. The molecule has 2 aliphatic rings. The van der Waals surface area contributed by atoms with Gasteiger partial charge in [-0.2, -0.15) is 0 Å². The van der Waals surface area contributed by atoms with E-state index in [1.54, 1.807) is 7.11 Å². The molecule has 2 saturated heterocycles. The summed E-state index contributed by atoms with van der Waals surface area (Å²) in [7, 11) is 1.61. The first-order valence-corrected chi connectivity index (χ1v) is 25.2. The van der Waals surface area contributed by atoms with Crippen molar-refractivity contribution in [3.05, 3.63) is 251 Å². The van der Waals surface area contributed by atoms with E-state index >= 15 is 0 Å². The number of methoxy groups -OCH3 is 1. The largest absolute Gasteiger partial charge is 0.374 e. The van der Waals surface area contributed by atoms with Gasteiger partial charge in [0.05, 0.1) is 59.5 Å². The van der Waals surface area contributed by atoms with Gasteiger partial charge in [-0.3, -0.25) is 0 Å². The van der Waals surface area contributed by atoms with Gasteiger partial charge in [0.15, 0.2) is 12.6 Å². The van der Waals surface area contributed by atoms with Crippen LogP contribution in [-0.4, -0.2) is 81.7 Å². The number of hydrogen-bond acceptors (Lipinski definition) is 11. The number of rotatable bonds is 26. The van der Waals surface area contributed by atoms with Crippen LogP contribution in [0.3, 0.4) is 0 Å². The SMILES string of the molecule is COC1O[C@H](COC2O[C@H](COCc3ccccc3)[C@@H](OCc3ccccc3)[C@H](OCc3ccccc3)[C@H]2OCc2ccccc2)[C@@H](OCc2ccccc2)[C@H](OCc2ccccc2)[C@H]1OCc1ccccc1. The van der Waals surface area contributed by atoms with E-state index < -0.39 is 61.4 Å². The topological polar surface area (TPSA) is 102 Å². The van der Waals surface area contributed by atoms with Crippen LogP contribution in [0.15, 0.2) is 212 Å². The van der Waals surface area contributed by atoms with Crippen LogP contribution in [0.2, 0.25) is 0 Å². The van der Waals surface area contributed by atoms with Gasteiger partial charge in [0.25, 0.3) is 0 Å². The van der Waals surface area contributed by atoms with Crippen LogP contribution >= 0.6 is 0 Å². The molecule has 380 valence electrons. The lowest BCUT2D eigenvalue weighted by Crippen LogP contribution is -2.64. The van der Waals surface area contributed by atoms with Crippen molar-refractivity contribution in [2.24, 2.45) is 0 Å². The summed E-state index contributed by atoms with van der Waals surface area (Å²) >= 11 is 0. The third kappa shape index (κ3) is 15.3. The molecule has 7 aromatic rings. The van der Waals surface area contributed by atoms with Gasteiger partial charge in [0.1, 0.15) is 48.8 Å². The van der Waals surface area contributed by atoms with Crippen LogP contribution in [0.4, 0.5) is 0 Å². The Balaban J connectivity index is 1.05. The molecular weight excluding hydrogens is 921 g/mol. The molecule has 0 saturated carbocycles. The molecule has 0 aliphatic carbocycles. The summed E-state index contributed by atoms with van der Waals surface area (Å²) in [6.07, 6.45) is -7.47. The highest BCUT2D eigenvalue weighted by Crippen LogP contribution is 2.35. The Morgan fingerprint density at radius 2 is 0.534 bits per heavy atom. The van der Waals surface area contributed by atoms with Crippen molar-refractivity contribution in [2.75, 3.05) is 20.3 Å². The quantitative estimate of drug-likeness (QED) is 0.0518. The van der Waals surface area contributed by atoms with Crippen LogP contribution in [0.1, 0.15) is 38.9 Å². The van der Waals surface area contributed by atoms with Crippen LogP contribution in [0, 0.1) is 0 Å². The maximum atomic E-state index is 7.10. The van der Waals surface area contributed by atoms with Crippen molar-refractivity contribution in [1.29, 1.82) is 0 Å². The smallest absolute Gasteiger partial charge is 0.187 e. The second kappa shape index (κ2) is 28.0. The second-order valence-electron chi connectivity index (χ2n) is 18.2. The predicted octanol–water partition coefficient (Wildman–Crippen LogP) is 10.8. The summed E-state index contributed by atoms with van der Waals surface area (Å²) in [4.78, 5) is 0. The maximum Gasteiger partial charge on any atom is 0.187 e. The Bertz CT molecular complexity index is 2560. The van der Waals surface area contributed by atoms with Gasteiger partial charge < -0.3 is 52.1 Å². The highest BCUT2D eigenvalue weighted by atomic mass is 16.7. The lowest BCUT2D eigenvalue weighted by Gasteiger charge is -2.48. The zero-order valence-corrected chi connectivity index (χ0v) is 41.3. The molecule has 11 heteroatoms. The minimum Gasteiger partial charge on any atom is -0.374 e. The predicted molar refractivity (Wildman–Crippen MR) is 276 cm³/mol. The Kier molecular flexibility index (Phi) is 19.9. The van der Waals surface area contributed by atoms with Gasteiger partial charge in [-0.25, -0.2) is 0 Å². The number of hydrogen-bond donors (Lipinski definition) is 0. The monoisotopic (exact) mass is 986 g/mol. The van der Waals surface area contributed by atoms with E-state index in [4.69, 9.17) is 52.1 Å². The number of ether oxygens (including phenoxy) is 11. The molecule has 0 amide bonds. The van der Waals surface area contributed by atoms with E-state index in [-0.39, 0.29) is 33.0 Å². The van der Waals surface area contributed by atoms with Crippen LogP contribution in [0.5, 0.6) is 0 Å². The van der Waals surface area contributed by atoms with E-state index in [2.05, 4.69) is 0 Å². The molecule has 0 radical (unpaired) electrons. The van der Waals surface area contributed by atoms with Crippen LogP contribution in [0.25, 0.3) is 0 Å². The van der Waals surface area contributed by atoms with E-state index in [1.165, 1.54) is 0 Å². The fourth-order valence-electron chi connectivity index (χ4n) is 9.14. The Labute approximate surface area is 429 Å². The Morgan fingerprint density at radius 3 is 0.863 bits per heavy atom. The average Bonchev–Trinajstić information content (AvgIpc) is 3.45. The maximum absolute atomic E-state index is 7.10. The van der Waals surface area contributed by atoms with Gasteiger partial charge in [-0.15, -0.1) is 0 Å². The molecule has 11 nitrogen and oxygen atoms in total. The van der Waals surface area contributed by atoms with E-state index in [1.807, 2.05) is 212 Å². The third-order valence-corrected chi connectivity index (χ3v) is 12.9. The van der Waals surface area contributed by atoms with Crippen molar-refractivity contribution in [3.8, 4) is 0 Å². The first-order chi connectivity index (χ1) is 36.2. The van der Waals surface area contributed by atoms with E-state index in [9.17, 15) is 0 Å². The van der Waals surface area contributed by atoms with E-state index in [0.29, 0.717) is 26.4 Å². The van der Waals surface area contributed by atoms with E-state index in [0.717, 1.165) is 38.9 Å². The molecule has 2 unspecified atom stereocenters. The molecule has 0 spiro atoms. The lowest BCUT2D eigenvalue weighted by molar-refractivity contribution is -0.351. The zero-order valence-electron chi connectivity index (χ0n) is 41.3. The first-order valence-electron chi connectivity index (χ1n) is 25.2. The van der Waals surface area contributed by atoms with Gasteiger partial charge in [-0.1, -0.05) is 212 Å². The molecular formula is C62H66O11. The molecule has 7 aromatic carbocycles. The summed E-state index contributed by atoms with van der Waals surface area (Å²) < 4.78 is 75.2. The molecule has 10 atom stereocenters. The molecule has 2 heterocycles. The lowest BCUT2D eigenvalue weighted by atomic mass is 9.96. The Morgan fingerprint density at radius 1 is 0.274 bits per heavy atom. The van der Waals surface area contributed by atoms with Gasteiger partial charge in [0.2, 0.25) is 0 Å². The van der Waals surface area contributed by atoms with Gasteiger partial charge >= 0.3 is 0 Å². The highest BCUT2D eigenvalue weighted by molar-refractivity contribution is 5.19. The zero-order chi connectivity index (χ0) is 49.7. The molecule has 2 aliphatic heterocycles. The third-order valence-electron chi connectivity index (χ3n) is 12.9. The van der Waals surface area contributed by atoms with Crippen LogP contribution in [-0.2, 0) is 98.4 Å². The standard InChI is InChI=1S/C62H66O11/c1-63-61-59(69-42-51-33-19-7-20-34-51)57(67-40-49-29-15-5-16-30-49)56(66-39-48-27-13-4-14-28-48)54(72-61)45-71-62-60(70-43-52-35-21-8-22-36-52)58(68-41-50-31-17-6-18-32-50)55(65-38-47-25-11-3-12-26-47)53(73-62)44-64-37-46-23-9-2-10-24-46/h2-36,53-62H,37-45H2,1H3/t53-,54-,55-,56-,57+,58+,59-,60-,61?,62?/m1/s1. The van der Waals surface area contributed by atoms with Gasteiger partial charge in [0, 0.05) is 7.11 Å². The first kappa shape index (κ1) is 52.0. The average molecular weight is 987 g/mol. The van der Waals surface area contributed by atoms with Crippen molar-refractivity contribution < 1.29 is 52.1 Å². The minimum atomic E-state index is -0.999. The summed E-state index contributed by atoms with van der Waals surface area (Å²) in [5.74, 6) is 0. The van der Waals surface area contributed by atoms with Gasteiger partial charge in [-0.05, 0) is 38.9 Å². The summed E-state index contributed by atoms with van der Waals surface area (Å²) in [5, 5.41) is 0. The van der Waals surface area contributed by atoms with Crippen molar-refractivity contribution in [2.45, 2.75) is 108 Å². The van der Waals surface area contributed by atoms with Crippen molar-refractivity contribution in [3.63, 3.8) is 0 Å². The highest BCUT2D eigenvalue weighted by Gasteiger charge is 2.52. The second-order valence-corrected chi connectivity index (χ2v) is 18.2. The fraction of sp³-hybridized carbons (Fsp3) is 0.323. The molecule has 0 N–H and O–H groups in total. The normalized spacial score (nSPS) is 24.0. The van der Waals surface area contributed by atoms with Crippen molar-refractivity contribution >= 4 is 0 Å². The molecule has 73 heavy (non-hydrogen) atoms. The minimum absolute atomic E-state index is 0.00960. The van der Waals surface area contributed by atoms with Crippen LogP contribution < -0.4 is 0 Å². The van der Waals surface area contributed by atoms with Crippen molar-refractivity contribution in [1.82, 2.24) is 0 Å². The number of benzene rings is 7. The summed E-state index contributed by atoms with van der Waals surface area (Å²) in [5.41, 5.74) is 7.00. The summed E-state index contributed by atoms with van der Waals surface area (Å²) in [6.45, 7) is 2.25.